The van der Waals surface area contributed by atoms with Crippen LogP contribution in [0.5, 0.6) is 0 Å². The van der Waals surface area contributed by atoms with Crippen LogP contribution in [0.4, 0.5) is 13.2 Å². The maximum atomic E-state index is 12.5. The van der Waals surface area contributed by atoms with E-state index in [-0.39, 0.29) is 11.1 Å². The number of alkyl halides is 3. The smallest absolute Gasteiger partial charge is 0.403 e. The predicted octanol–water partition coefficient (Wildman–Crippen LogP) is 1.72. The van der Waals surface area contributed by atoms with Crippen LogP contribution >= 0.6 is 0 Å². The van der Waals surface area contributed by atoms with Gasteiger partial charge in [0, 0.05) is 25.0 Å². The van der Waals surface area contributed by atoms with Crippen LogP contribution in [0.2, 0.25) is 0 Å². The second-order valence-corrected chi connectivity index (χ2v) is 3.57. The highest BCUT2D eigenvalue weighted by atomic mass is 19.4. The monoisotopic (exact) mass is 258 g/mol. The van der Waals surface area contributed by atoms with E-state index in [4.69, 9.17) is 11.6 Å². The Hall–Kier alpha value is -2.02. The van der Waals surface area contributed by atoms with E-state index in [1.165, 1.54) is 24.3 Å². The maximum absolute atomic E-state index is 12.5. The van der Waals surface area contributed by atoms with Crippen LogP contribution in [-0.2, 0) is 6.18 Å². The molecule has 0 amide bonds. The Bertz CT molecular complexity index is 477. The molecule has 18 heavy (non-hydrogen) atoms. The highest BCUT2D eigenvalue weighted by Gasteiger charge is 2.32. The molecule has 0 unspecified atom stereocenters. The number of hydrogen-bond donors (Lipinski definition) is 2. The van der Waals surface area contributed by atoms with Crippen LogP contribution in [0.25, 0.3) is 5.57 Å². The van der Waals surface area contributed by atoms with Crippen molar-refractivity contribution in [2.24, 2.45) is 11.6 Å². The molecule has 98 valence electrons. The van der Waals surface area contributed by atoms with Gasteiger partial charge < -0.3 is 10.7 Å². The van der Waals surface area contributed by atoms with Crippen molar-refractivity contribution >= 4 is 5.57 Å². The molecule has 1 aromatic rings. The van der Waals surface area contributed by atoms with Gasteiger partial charge in [0.15, 0.2) is 0 Å². The van der Waals surface area contributed by atoms with Crippen molar-refractivity contribution in [3.05, 3.63) is 48.1 Å². The fraction of sp³-hybridized carbons (Fsp3) is 0.182. The van der Waals surface area contributed by atoms with Crippen LogP contribution in [0.15, 0.2) is 36.8 Å². The van der Waals surface area contributed by atoms with Gasteiger partial charge >= 0.3 is 6.18 Å². The van der Waals surface area contributed by atoms with Crippen LogP contribution in [-0.4, -0.2) is 17.0 Å². The third-order valence-corrected chi connectivity index (χ3v) is 2.25. The summed E-state index contributed by atoms with van der Waals surface area (Å²) in [5, 5.41) is 1.18. The molecule has 0 aliphatic heterocycles. The fourth-order valence-corrected chi connectivity index (χ4v) is 1.35. The molecule has 0 aliphatic rings. The Kier molecular flexibility index (Phi) is 3.97. The molecule has 4 N–H and O–H groups in total. The summed E-state index contributed by atoms with van der Waals surface area (Å²) in [6.45, 7) is 3.68. The van der Waals surface area contributed by atoms with Gasteiger partial charge in [0.2, 0.25) is 0 Å². The van der Waals surface area contributed by atoms with E-state index in [1.54, 1.807) is 0 Å². The van der Waals surface area contributed by atoms with Gasteiger partial charge in [-0.25, -0.2) is 5.84 Å². The largest absolute Gasteiger partial charge is 0.433 e. The van der Waals surface area contributed by atoms with Crippen molar-refractivity contribution < 1.29 is 13.2 Å². The predicted molar refractivity (Wildman–Crippen MR) is 62.5 cm³/mol. The molecule has 0 atom stereocenters. The van der Waals surface area contributed by atoms with Crippen LogP contribution in [0.3, 0.4) is 0 Å². The minimum atomic E-state index is -4.50. The molecule has 0 bridgehead atoms. The lowest BCUT2D eigenvalue weighted by Crippen LogP contribution is -2.26. The summed E-state index contributed by atoms with van der Waals surface area (Å²) >= 11 is 0. The van der Waals surface area contributed by atoms with Gasteiger partial charge in [0.05, 0.1) is 5.70 Å². The zero-order chi connectivity index (χ0) is 13.9. The summed E-state index contributed by atoms with van der Waals surface area (Å²) in [5.41, 5.74) is 5.24. The van der Waals surface area contributed by atoms with Crippen molar-refractivity contribution in [1.82, 2.24) is 9.99 Å². The summed E-state index contributed by atoms with van der Waals surface area (Å²) in [6, 6.07) is 2.31. The van der Waals surface area contributed by atoms with Crippen LogP contribution in [0.1, 0.15) is 11.3 Å². The zero-order valence-electron chi connectivity index (χ0n) is 9.70. The SMILES string of the molecule is C=C(/C(=C/N)N(C)N)c1ccnc(C(F)(F)F)c1. The van der Waals surface area contributed by atoms with Gasteiger partial charge in [0.25, 0.3) is 0 Å². The van der Waals surface area contributed by atoms with E-state index in [9.17, 15) is 13.2 Å². The van der Waals surface area contributed by atoms with E-state index >= 15 is 0 Å². The standard InChI is InChI=1S/C11H13F3N4/c1-7(9(6-15)18(2)16)8-3-4-17-10(5-8)11(12,13)14/h3-6H,1,15-16H2,2H3/b9-6-. The minimum Gasteiger partial charge on any atom is -0.403 e. The molecule has 1 rings (SSSR count). The first-order valence-corrected chi connectivity index (χ1v) is 4.90. The number of aromatic nitrogens is 1. The lowest BCUT2D eigenvalue weighted by atomic mass is 10.0. The Morgan fingerprint density at radius 2 is 2.11 bits per heavy atom. The molecule has 0 radical (unpaired) electrons. The molecule has 1 aromatic heterocycles. The number of nitrogens with zero attached hydrogens (tertiary/aromatic N) is 2. The normalized spacial score (nSPS) is 12.4. The Balaban J connectivity index is 3.16. The second kappa shape index (κ2) is 5.09. The molecule has 0 fully saturated rings. The quantitative estimate of drug-likeness (QED) is 0.492. The number of halogens is 3. The third-order valence-electron chi connectivity index (χ3n) is 2.25. The molecule has 0 saturated carbocycles. The summed E-state index contributed by atoms with van der Waals surface area (Å²) in [4.78, 5) is 3.26. The number of rotatable bonds is 3. The summed E-state index contributed by atoms with van der Waals surface area (Å²) in [5.74, 6) is 5.50. The molecular weight excluding hydrogens is 245 g/mol. The van der Waals surface area contributed by atoms with Gasteiger partial charge in [-0.3, -0.25) is 4.98 Å². The van der Waals surface area contributed by atoms with E-state index in [1.807, 2.05) is 0 Å². The summed E-state index contributed by atoms with van der Waals surface area (Å²) in [7, 11) is 1.51. The van der Waals surface area contributed by atoms with Gasteiger partial charge in [0.1, 0.15) is 5.69 Å². The van der Waals surface area contributed by atoms with Crippen molar-refractivity contribution in [3.63, 3.8) is 0 Å². The lowest BCUT2D eigenvalue weighted by Gasteiger charge is -2.18. The Labute approximate surface area is 102 Å². The fourth-order valence-electron chi connectivity index (χ4n) is 1.35. The van der Waals surface area contributed by atoms with Crippen molar-refractivity contribution in [1.29, 1.82) is 0 Å². The molecule has 0 spiro atoms. The molecule has 1 heterocycles. The molecule has 7 heteroatoms. The first-order valence-electron chi connectivity index (χ1n) is 4.90. The highest BCUT2D eigenvalue weighted by molar-refractivity contribution is 5.76. The second-order valence-electron chi connectivity index (χ2n) is 3.57. The average Bonchev–Trinajstić information content (AvgIpc) is 2.28. The number of hydrogen-bond acceptors (Lipinski definition) is 4. The van der Waals surface area contributed by atoms with Gasteiger partial charge in [-0.2, -0.15) is 13.2 Å². The number of allylic oxidation sites excluding steroid dienone is 1. The molecule has 0 aromatic carbocycles. The van der Waals surface area contributed by atoms with Gasteiger partial charge in [-0.05, 0) is 17.7 Å². The number of pyridine rings is 1. The van der Waals surface area contributed by atoms with Crippen molar-refractivity contribution in [3.8, 4) is 0 Å². The first kappa shape index (κ1) is 14.0. The van der Waals surface area contributed by atoms with E-state index in [2.05, 4.69) is 11.6 Å². The van der Waals surface area contributed by atoms with E-state index in [0.717, 1.165) is 12.3 Å². The average molecular weight is 258 g/mol. The number of likely N-dealkylation sites (N-methyl/N-ethyl adjacent to an activating group) is 1. The Morgan fingerprint density at radius 1 is 1.50 bits per heavy atom. The van der Waals surface area contributed by atoms with Crippen molar-refractivity contribution in [2.45, 2.75) is 6.18 Å². The molecule has 4 nitrogen and oxygen atoms in total. The van der Waals surface area contributed by atoms with Gasteiger partial charge in [-0.15, -0.1) is 0 Å². The lowest BCUT2D eigenvalue weighted by molar-refractivity contribution is -0.141. The highest BCUT2D eigenvalue weighted by Crippen LogP contribution is 2.30. The third kappa shape index (κ3) is 3.01. The first-order chi connectivity index (χ1) is 8.27. The Morgan fingerprint density at radius 3 is 2.56 bits per heavy atom. The zero-order valence-corrected chi connectivity index (χ0v) is 9.70. The van der Waals surface area contributed by atoms with Gasteiger partial charge in [-0.1, -0.05) is 6.58 Å². The summed E-state index contributed by atoms with van der Waals surface area (Å²) < 4.78 is 37.5. The molecule has 0 saturated heterocycles. The maximum Gasteiger partial charge on any atom is 0.433 e. The number of nitrogens with two attached hydrogens (primary N) is 2. The minimum absolute atomic E-state index is 0.256. The molecule has 0 aliphatic carbocycles. The number of hydrazine groups is 1. The van der Waals surface area contributed by atoms with E-state index in [0.29, 0.717) is 5.70 Å². The topological polar surface area (TPSA) is 68.2 Å². The van der Waals surface area contributed by atoms with E-state index < -0.39 is 11.9 Å². The van der Waals surface area contributed by atoms with Crippen molar-refractivity contribution in [2.75, 3.05) is 7.05 Å². The van der Waals surface area contributed by atoms with Crippen LogP contribution in [0, 0.1) is 0 Å². The van der Waals surface area contributed by atoms with Crippen LogP contribution < -0.4 is 11.6 Å². The molecular formula is C11H13F3N4. The summed E-state index contributed by atoms with van der Waals surface area (Å²) in [6.07, 6.45) is -2.26.